The van der Waals surface area contributed by atoms with Gasteiger partial charge in [-0.15, -0.1) is 0 Å². The largest absolute Gasteiger partial charge is 0.492 e. The summed E-state index contributed by atoms with van der Waals surface area (Å²) in [4.78, 5) is 0. The third-order valence-corrected chi connectivity index (χ3v) is 3.04. The van der Waals surface area contributed by atoms with Gasteiger partial charge in [-0.25, -0.2) is 0 Å². The van der Waals surface area contributed by atoms with Gasteiger partial charge < -0.3 is 10.1 Å². The molecule has 3 heteroatoms. The molecule has 0 aromatic heterocycles. The van der Waals surface area contributed by atoms with E-state index in [1.54, 1.807) is 0 Å². The molecule has 1 aromatic rings. The van der Waals surface area contributed by atoms with Crippen LogP contribution in [0.5, 0.6) is 5.75 Å². The second kappa shape index (κ2) is 6.58. The van der Waals surface area contributed by atoms with E-state index in [9.17, 15) is 0 Å². The van der Waals surface area contributed by atoms with Crippen molar-refractivity contribution >= 4 is 15.9 Å². The highest BCUT2D eigenvalue weighted by atomic mass is 79.9. The van der Waals surface area contributed by atoms with Crippen molar-refractivity contribution in [1.82, 2.24) is 5.32 Å². The molecule has 1 N–H and O–H groups in total. The summed E-state index contributed by atoms with van der Waals surface area (Å²) in [6, 6.07) is 6.18. The van der Waals surface area contributed by atoms with E-state index < -0.39 is 0 Å². The predicted molar refractivity (Wildman–Crippen MR) is 81.1 cm³/mol. The van der Waals surface area contributed by atoms with Crippen LogP contribution in [0.4, 0.5) is 0 Å². The number of hydrogen-bond acceptors (Lipinski definition) is 2. The minimum atomic E-state index is 0.109. The number of hydrogen-bond donors (Lipinski definition) is 1. The maximum atomic E-state index is 5.91. The Morgan fingerprint density at radius 1 is 1.28 bits per heavy atom. The minimum absolute atomic E-state index is 0.109. The van der Waals surface area contributed by atoms with Crippen LogP contribution in [0.3, 0.4) is 0 Å². The maximum Gasteiger partial charge on any atom is 0.137 e. The minimum Gasteiger partial charge on any atom is -0.492 e. The Morgan fingerprint density at radius 3 is 2.50 bits per heavy atom. The summed E-state index contributed by atoms with van der Waals surface area (Å²) in [5.41, 5.74) is 1.30. The quantitative estimate of drug-likeness (QED) is 0.871. The molecule has 0 radical (unpaired) electrons. The Labute approximate surface area is 119 Å². The molecule has 0 saturated heterocycles. The summed E-state index contributed by atoms with van der Waals surface area (Å²) in [7, 11) is 0. The van der Waals surface area contributed by atoms with Crippen molar-refractivity contribution in [2.24, 2.45) is 5.92 Å². The summed E-state index contributed by atoms with van der Waals surface area (Å²) in [6.45, 7) is 12.4. The first-order chi connectivity index (χ1) is 8.29. The number of rotatable bonds is 5. The molecule has 2 nitrogen and oxygen atoms in total. The van der Waals surface area contributed by atoms with Gasteiger partial charge in [0.15, 0.2) is 0 Å². The van der Waals surface area contributed by atoms with Gasteiger partial charge in [0.25, 0.3) is 0 Å². The molecular weight excluding hydrogens is 290 g/mol. The lowest BCUT2D eigenvalue weighted by molar-refractivity contribution is 0.265. The summed E-state index contributed by atoms with van der Waals surface area (Å²) in [6.07, 6.45) is 0. The van der Waals surface area contributed by atoms with Gasteiger partial charge >= 0.3 is 0 Å². The first-order valence-electron chi connectivity index (χ1n) is 6.45. The van der Waals surface area contributed by atoms with Gasteiger partial charge in [0.05, 0.1) is 11.1 Å². The lowest BCUT2D eigenvalue weighted by Crippen LogP contribution is -2.35. The molecule has 0 amide bonds. The van der Waals surface area contributed by atoms with Crippen LogP contribution in [-0.4, -0.2) is 12.1 Å². The van der Waals surface area contributed by atoms with Crippen LogP contribution < -0.4 is 10.1 Å². The zero-order valence-electron chi connectivity index (χ0n) is 12.0. The van der Waals surface area contributed by atoms with Crippen molar-refractivity contribution in [3.8, 4) is 5.75 Å². The molecule has 0 saturated carbocycles. The SMILES string of the molecule is CC(C)COc1c(Br)cccc1CNC(C)(C)C. The average molecular weight is 314 g/mol. The van der Waals surface area contributed by atoms with Gasteiger partial charge in [-0.3, -0.25) is 0 Å². The number of para-hydroxylation sites is 1. The number of benzene rings is 1. The fourth-order valence-electron chi connectivity index (χ4n) is 1.46. The average Bonchev–Trinajstić information content (AvgIpc) is 2.23. The highest BCUT2D eigenvalue weighted by Gasteiger charge is 2.13. The van der Waals surface area contributed by atoms with E-state index in [1.807, 2.05) is 12.1 Å². The predicted octanol–water partition coefficient (Wildman–Crippen LogP) is 4.37. The van der Waals surface area contributed by atoms with Crippen LogP contribution in [0.1, 0.15) is 40.2 Å². The van der Waals surface area contributed by atoms with E-state index in [4.69, 9.17) is 4.74 Å². The van der Waals surface area contributed by atoms with Gasteiger partial charge in [-0.05, 0) is 48.7 Å². The lowest BCUT2D eigenvalue weighted by atomic mass is 10.1. The zero-order chi connectivity index (χ0) is 13.8. The molecular formula is C15H24BrNO. The molecule has 0 fully saturated rings. The smallest absolute Gasteiger partial charge is 0.137 e. The molecule has 102 valence electrons. The normalized spacial score (nSPS) is 11.9. The maximum absolute atomic E-state index is 5.91. The molecule has 0 bridgehead atoms. The van der Waals surface area contributed by atoms with Gasteiger partial charge in [-0.1, -0.05) is 26.0 Å². The van der Waals surface area contributed by atoms with E-state index in [1.165, 1.54) is 5.56 Å². The van der Waals surface area contributed by atoms with Crippen LogP contribution in [0.2, 0.25) is 0 Å². The molecule has 0 aliphatic rings. The van der Waals surface area contributed by atoms with Crippen molar-refractivity contribution in [2.75, 3.05) is 6.61 Å². The first-order valence-corrected chi connectivity index (χ1v) is 7.24. The fraction of sp³-hybridized carbons (Fsp3) is 0.600. The monoisotopic (exact) mass is 313 g/mol. The van der Waals surface area contributed by atoms with Crippen LogP contribution in [0.25, 0.3) is 0 Å². The van der Waals surface area contributed by atoms with Crippen molar-refractivity contribution in [1.29, 1.82) is 0 Å². The number of halogens is 1. The van der Waals surface area contributed by atoms with E-state index in [0.29, 0.717) is 5.92 Å². The van der Waals surface area contributed by atoms with E-state index in [0.717, 1.165) is 23.4 Å². The van der Waals surface area contributed by atoms with E-state index in [-0.39, 0.29) is 5.54 Å². The summed E-state index contributed by atoms with van der Waals surface area (Å²) < 4.78 is 6.93. The Hall–Kier alpha value is -0.540. The molecule has 0 heterocycles. The highest BCUT2D eigenvalue weighted by molar-refractivity contribution is 9.10. The van der Waals surface area contributed by atoms with Gasteiger partial charge in [0.2, 0.25) is 0 Å². The highest BCUT2D eigenvalue weighted by Crippen LogP contribution is 2.29. The third-order valence-electron chi connectivity index (χ3n) is 2.42. The lowest BCUT2D eigenvalue weighted by Gasteiger charge is -2.22. The number of ether oxygens (including phenoxy) is 1. The molecule has 0 unspecified atom stereocenters. The fourth-order valence-corrected chi connectivity index (χ4v) is 1.99. The van der Waals surface area contributed by atoms with Crippen LogP contribution in [-0.2, 0) is 6.54 Å². The van der Waals surface area contributed by atoms with E-state index >= 15 is 0 Å². The second-order valence-corrected chi connectivity index (χ2v) is 6.89. The summed E-state index contributed by atoms with van der Waals surface area (Å²) in [5.74, 6) is 1.49. The van der Waals surface area contributed by atoms with Crippen LogP contribution in [0, 0.1) is 5.92 Å². The van der Waals surface area contributed by atoms with Crippen molar-refractivity contribution < 1.29 is 4.74 Å². The first kappa shape index (κ1) is 15.5. The number of nitrogens with one attached hydrogen (secondary N) is 1. The van der Waals surface area contributed by atoms with Crippen LogP contribution in [0.15, 0.2) is 22.7 Å². The molecule has 0 aliphatic heterocycles. The summed E-state index contributed by atoms with van der Waals surface area (Å²) in [5, 5.41) is 3.49. The van der Waals surface area contributed by atoms with Crippen molar-refractivity contribution in [2.45, 2.75) is 46.7 Å². The summed E-state index contributed by atoms with van der Waals surface area (Å²) >= 11 is 3.56. The van der Waals surface area contributed by atoms with E-state index in [2.05, 4.69) is 61.9 Å². The second-order valence-electron chi connectivity index (χ2n) is 6.04. The van der Waals surface area contributed by atoms with Gasteiger partial charge in [0.1, 0.15) is 5.75 Å². The molecule has 0 spiro atoms. The topological polar surface area (TPSA) is 21.3 Å². The van der Waals surface area contributed by atoms with Crippen molar-refractivity contribution in [3.05, 3.63) is 28.2 Å². The molecule has 1 rings (SSSR count). The van der Waals surface area contributed by atoms with Gasteiger partial charge in [-0.2, -0.15) is 0 Å². The Morgan fingerprint density at radius 2 is 1.94 bits per heavy atom. The van der Waals surface area contributed by atoms with Crippen LogP contribution >= 0.6 is 15.9 Å². The Bertz CT molecular complexity index is 383. The zero-order valence-corrected chi connectivity index (χ0v) is 13.6. The Kier molecular flexibility index (Phi) is 5.67. The van der Waals surface area contributed by atoms with Crippen molar-refractivity contribution in [3.63, 3.8) is 0 Å². The molecule has 0 aliphatic carbocycles. The molecule has 18 heavy (non-hydrogen) atoms. The Balaban J connectivity index is 2.80. The third kappa shape index (κ3) is 5.40. The molecule has 0 atom stereocenters. The standard InChI is InChI=1S/C15H24BrNO/c1-11(2)10-18-14-12(7-6-8-13(14)16)9-17-15(3,4)5/h6-8,11,17H,9-10H2,1-5H3. The van der Waals surface area contributed by atoms with Gasteiger partial charge in [0, 0.05) is 17.6 Å². The molecule has 1 aromatic carbocycles.